The highest BCUT2D eigenvalue weighted by Gasteiger charge is 2.73. The fourth-order valence-electron chi connectivity index (χ4n) is 9.88. The Morgan fingerprint density at radius 3 is 2.43 bits per heavy atom. The zero-order chi connectivity index (χ0) is 26.8. The van der Waals surface area contributed by atoms with Crippen molar-refractivity contribution in [2.45, 2.75) is 103 Å². The van der Waals surface area contributed by atoms with Gasteiger partial charge in [0.25, 0.3) is 0 Å². The smallest absolute Gasteiger partial charge is 0.338 e. The molecular weight excluding hydrogens is 472 g/mol. The first-order valence-electron chi connectivity index (χ1n) is 13.9. The molecule has 2 bridgehead atoms. The van der Waals surface area contributed by atoms with Gasteiger partial charge in [0, 0.05) is 24.2 Å². The number of hydrogen-bond acceptors (Lipinski definition) is 7. The van der Waals surface area contributed by atoms with Crippen LogP contribution in [0, 0.1) is 39.9 Å². The van der Waals surface area contributed by atoms with Crippen molar-refractivity contribution in [2.24, 2.45) is 39.9 Å². The SMILES string of the molecule is CC(=O)OC1C=C2CC=CC(=O)C2(C)C2CCC3(C)C(CCC3(O)C3CC4(C)CC3OC(=O)C4(C)O)C12. The standard InChI is InChI=1S/C30H40O7/c1-16(31)36-21-13-17-7-6-8-23(32)28(17,4)19-9-11-27(3)18(24(19)21)10-12-30(27,35)20-14-26(2)15-22(20)37-25(33)29(26,5)34/h6,8,13,18-22,24,34-35H,7,9-12,14-15H2,1-5H3. The van der Waals surface area contributed by atoms with Crippen LogP contribution in [0.25, 0.3) is 0 Å². The molecule has 7 nitrogen and oxygen atoms in total. The Balaban J connectivity index is 1.40. The fraction of sp³-hybridized carbons (Fsp3) is 0.767. The van der Waals surface area contributed by atoms with Gasteiger partial charge in [0.05, 0.1) is 11.0 Å². The van der Waals surface area contributed by atoms with Crippen molar-refractivity contribution in [2.75, 3.05) is 0 Å². The first-order valence-corrected chi connectivity index (χ1v) is 13.9. The fourth-order valence-corrected chi connectivity index (χ4v) is 9.88. The zero-order valence-electron chi connectivity index (χ0n) is 22.6. The van der Waals surface area contributed by atoms with Crippen LogP contribution in [0.3, 0.4) is 0 Å². The largest absolute Gasteiger partial charge is 0.460 e. The molecule has 7 heteroatoms. The summed E-state index contributed by atoms with van der Waals surface area (Å²) >= 11 is 0. The van der Waals surface area contributed by atoms with E-state index in [4.69, 9.17) is 9.47 Å². The van der Waals surface area contributed by atoms with Crippen LogP contribution in [0.15, 0.2) is 23.8 Å². The molecule has 202 valence electrons. The average Bonchev–Trinajstić information content (AvgIpc) is 3.28. The van der Waals surface area contributed by atoms with Crippen molar-refractivity contribution >= 4 is 17.7 Å². The number of ketones is 1. The number of esters is 2. The number of aliphatic hydroxyl groups is 2. The van der Waals surface area contributed by atoms with Crippen LogP contribution in [0.5, 0.6) is 0 Å². The Morgan fingerprint density at radius 1 is 1.03 bits per heavy atom. The summed E-state index contributed by atoms with van der Waals surface area (Å²) in [5.74, 6) is -1.12. The maximum absolute atomic E-state index is 13.3. The summed E-state index contributed by atoms with van der Waals surface area (Å²) in [5.41, 5.74) is -3.41. The van der Waals surface area contributed by atoms with E-state index in [2.05, 4.69) is 13.8 Å². The third kappa shape index (κ3) is 2.99. The Kier molecular flexibility index (Phi) is 5.17. The van der Waals surface area contributed by atoms with E-state index >= 15 is 0 Å². The monoisotopic (exact) mass is 512 g/mol. The first kappa shape index (κ1) is 25.3. The number of carbonyl (C=O) groups is 3. The summed E-state index contributed by atoms with van der Waals surface area (Å²) in [6.45, 7) is 9.11. The molecule has 1 saturated heterocycles. The van der Waals surface area contributed by atoms with Gasteiger partial charge >= 0.3 is 11.9 Å². The highest BCUT2D eigenvalue weighted by molar-refractivity contribution is 5.98. The molecule has 1 aliphatic heterocycles. The lowest BCUT2D eigenvalue weighted by molar-refractivity contribution is -0.201. The van der Waals surface area contributed by atoms with Crippen LogP contribution in [-0.4, -0.2) is 51.3 Å². The molecule has 5 aliphatic carbocycles. The second kappa shape index (κ2) is 7.56. The minimum Gasteiger partial charge on any atom is -0.460 e. The lowest BCUT2D eigenvalue weighted by Gasteiger charge is -2.59. The van der Waals surface area contributed by atoms with Crippen molar-refractivity contribution in [3.63, 3.8) is 0 Å². The highest BCUT2D eigenvalue weighted by Crippen LogP contribution is 2.70. The second-order valence-electron chi connectivity index (χ2n) is 13.7. The molecule has 1 heterocycles. The Labute approximate surface area is 218 Å². The van der Waals surface area contributed by atoms with Gasteiger partial charge in [-0.05, 0) is 88.2 Å². The predicted molar refractivity (Wildman–Crippen MR) is 134 cm³/mol. The van der Waals surface area contributed by atoms with E-state index in [0.717, 1.165) is 24.8 Å². The number of ether oxygens (including phenoxy) is 2. The number of fused-ring (bicyclic) bond motifs is 7. The molecular formula is C30H40O7. The van der Waals surface area contributed by atoms with Crippen LogP contribution >= 0.6 is 0 Å². The summed E-state index contributed by atoms with van der Waals surface area (Å²) in [5, 5.41) is 23.6. The Morgan fingerprint density at radius 2 is 1.73 bits per heavy atom. The molecule has 11 atom stereocenters. The van der Waals surface area contributed by atoms with Gasteiger partial charge in [-0.1, -0.05) is 25.5 Å². The molecule has 4 fully saturated rings. The molecule has 0 aromatic heterocycles. The van der Waals surface area contributed by atoms with E-state index in [0.29, 0.717) is 25.7 Å². The van der Waals surface area contributed by atoms with Crippen LogP contribution in [0.1, 0.15) is 79.6 Å². The van der Waals surface area contributed by atoms with Gasteiger partial charge in [-0.15, -0.1) is 0 Å². The van der Waals surface area contributed by atoms with Crippen molar-refractivity contribution < 1.29 is 34.1 Å². The molecule has 3 saturated carbocycles. The maximum Gasteiger partial charge on any atom is 0.338 e. The van der Waals surface area contributed by atoms with Gasteiger partial charge in [0.2, 0.25) is 0 Å². The summed E-state index contributed by atoms with van der Waals surface area (Å²) in [6, 6.07) is 0. The normalized spacial score (nSPS) is 54.1. The topological polar surface area (TPSA) is 110 Å². The highest BCUT2D eigenvalue weighted by atomic mass is 16.6. The third-order valence-corrected chi connectivity index (χ3v) is 12.3. The van der Waals surface area contributed by atoms with E-state index in [-0.39, 0.29) is 35.4 Å². The van der Waals surface area contributed by atoms with Gasteiger partial charge < -0.3 is 19.7 Å². The molecule has 0 aromatic carbocycles. The lowest BCUT2D eigenvalue weighted by atomic mass is 9.46. The Bertz CT molecular complexity index is 1140. The van der Waals surface area contributed by atoms with E-state index < -0.39 is 45.6 Å². The molecule has 11 unspecified atom stereocenters. The minimum absolute atomic E-state index is 0.0219. The minimum atomic E-state index is -1.58. The van der Waals surface area contributed by atoms with Gasteiger partial charge in [0.15, 0.2) is 11.4 Å². The lowest BCUT2D eigenvalue weighted by Crippen LogP contribution is -2.61. The van der Waals surface area contributed by atoms with E-state index in [9.17, 15) is 24.6 Å². The molecule has 37 heavy (non-hydrogen) atoms. The van der Waals surface area contributed by atoms with Gasteiger partial charge in [-0.2, -0.15) is 0 Å². The summed E-state index contributed by atoms with van der Waals surface area (Å²) in [7, 11) is 0. The predicted octanol–water partition coefficient (Wildman–Crippen LogP) is 3.66. The van der Waals surface area contributed by atoms with Crippen molar-refractivity contribution in [3.8, 4) is 0 Å². The number of rotatable bonds is 2. The molecule has 6 rings (SSSR count). The molecule has 0 aromatic rings. The second-order valence-corrected chi connectivity index (χ2v) is 13.7. The van der Waals surface area contributed by atoms with Gasteiger partial charge in [0.1, 0.15) is 12.2 Å². The quantitative estimate of drug-likeness (QED) is 0.429. The maximum atomic E-state index is 13.3. The summed E-state index contributed by atoms with van der Waals surface area (Å²) in [6.07, 6.45) is 9.30. The van der Waals surface area contributed by atoms with Gasteiger partial charge in [-0.3, -0.25) is 9.59 Å². The third-order valence-electron chi connectivity index (χ3n) is 12.3. The van der Waals surface area contributed by atoms with E-state index in [1.54, 1.807) is 6.08 Å². The first-order chi connectivity index (χ1) is 17.2. The summed E-state index contributed by atoms with van der Waals surface area (Å²) < 4.78 is 11.7. The molecule has 0 spiro atoms. The van der Waals surface area contributed by atoms with Crippen molar-refractivity contribution in [1.82, 2.24) is 0 Å². The number of hydrogen-bond donors (Lipinski definition) is 2. The van der Waals surface area contributed by atoms with Crippen LogP contribution in [0.4, 0.5) is 0 Å². The van der Waals surface area contributed by atoms with Crippen molar-refractivity contribution in [1.29, 1.82) is 0 Å². The van der Waals surface area contributed by atoms with Crippen LogP contribution < -0.4 is 0 Å². The number of carbonyl (C=O) groups excluding carboxylic acids is 3. The zero-order valence-corrected chi connectivity index (χ0v) is 22.6. The average molecular weight is 513 g/mol. The van der Waals surface area contributed by atoms with E-state index in [1.807, 2.05) is 19.1 Å². The summed E-state index contributed by atoms with van der Waals surface area (Å²) in [4.78, 5) is 38.2. The molecule has 0 radical (unpaired) electrons. The van der Waals surface area contributed by atoms with Crippen LogP contribution in [-0.2, 0) is 23.9 Å². The molecule has 6 aliphatic rings. The van der Waals surface area contributed by atoms with E-state index in [1.165, 1.54) is 13.8 Å². The Hall–Kier alpha value is -1.99. The molecule has 0 amide bonds. The molecule has 2 N–H and O–H groups in total. The van der Waals surface area contributed by atoms with Crippen LogP contribution in [0.2, 0.25) is 0 Å². The number of allylic oxidation sites excluding steroid dienone is 3. The van der Waals surface area contributed by atoms with Gasteiger partial charge in [-0.25, -0.2) is 4.79 Å². The van der Waals surface area contributed by atoms with Crippen molar-refractivity contribution in [3.05, 3.63) is 23.8 Å².